The van der Waals surface area contributed by atoms with Crippen molar-refractivity contribution in [2.75, 3.05) is 18.4 Å². The molecule has 10 nitrogen and oxygen atoms in total. The number of nitrogens with zero attached hydrogens (tertiary/aromatic N) is 4. The van der Waals surface area contributed by atoms with Gasteiger partial charge in [0, 0.05) is 36.3 Å². The maximum atomic E-state index is 12.4. The number of fused-ring (bicyclic) bond motifs is 1. The van der Waals surface area contributed by atoms with Crippen LogP contribution in [0.2, 0.25) is 0 Å². The number of H-pyrrole nitrogens is 1. The summed E-state index contributed by atoms with van der Waals surface area (Å²) >= 11 is 0. The van der Waals surface area contributed by atoms with Crippen LogP contribution in [0.4, 0.5) is 5.69 Å². The quantitative estimate of drug-likeness (QED) is 0.299. The van der Waals surface area contributed by atoms with Crippen LogP contribution in [0.3, 0.4) is 0 Å². The van der Waals surface area contributed by atoms with Crippen molar-refractivity contribution in [1.29, 1.82) is 0 Å². The number of anilines is 1. The third-order valence-electron chi connectivity index (χ3n) is 5.15. The van der Waals surface area contributed by atoms with E-state index < -0.39 is 5.60 Å². The number of nitrogens with one attached hydrogen (secondary N) is 3. The summed E-state index contributed by atoms with van der Waals surface area (Å²) in [5.41, 5.74) is 3.40. The molecule has 0 aliphatic heterocycles. The van der Waals surface area contributed by atoms with Crippen molar-refractivity contribution in [3.8, 4) is 23.0 Å². The zero-order chi connectivity index (χ0) is 24.3. The molecule has 4 rings (SSSR count). The highest BCUT2D eigenvalue weighted by atomic mass is 16.5. The summed E-state index contributed by atoms with van der Waals surface area (Å²) in [7, 11) is 0. The van der Waals surface area contributed by atoms with Crippen molar-refractivity contribution >= 4 is 17.2 Å². The van der Waals surface area contributed by atoms with Crippen LogP contribution in [-0.4, -0.2) is 54.5 Å². The Morgan fingerprint density at radius 1 is 1.26 bits per heavy atom. The lowest BCUT2D eigenvalue weighted by Crippen LogP contribution is -2.29. The fourth-order valence-electron chi connectivity index (χ4n) is 3.46. The van der Waals surface area contributed by atoms with Crippen molar-refractivity contribution in [2.24, 2.45) is 0 Å². The van der Waals surface area contributed by atoms with Gasteiger partial charge in [-0.05, 0) is 44.9 Å². The second-order valence-electron chi connectivity index (χ2n) is 8.75. The summed E-state index contributed by atoms with van der Waals surface area (Å²) in [5, 5.41) is 27.6. The van der Waals surface area contributed by atoms with E-state index in [1.165, 1.54) is 0 Å². The Bertz CT molecular complexity index is 1290. The Morgan fingerprint density at radius 3 is 2.76 bits per heavy atom. The average Bonchev–Trinajstić information content (AvgIpc) is 3.45. The van der Waals surface area contributed by atoms with E-state index in [0.717, 1.165) is 23.2 Å². The van der Waals surface area contributed by atoms with Crippen LogP contribution in [-0.2, 0) is 0 Å². The summed E-state index contributed by atoms with van der Waals surface area (Å²) in [6.07, 6.45) is 4.19. The van der Waals surface area contributed by atoms with E-state index in [9.17, 15) is 9.90 Å². The highest BCUT2D eigenvalue weighted by Crippen LogP contribution is 2.29. The van der Waals surface area contributed by atoms with Crippen LogP contribution in [0.5, 0.6) is 11.8 Å². The van der Waals surface area contributed by atoms with Crippen molar-refractivity contribution in [2.45, 2.75) is 39.7 Å². The Morgan fingerprint density at radius 2 is 2.09 bits per heavy atom. The van der Waals surface area contributed by atoms with Crippen LogP contribution in [0.25, 0.3) is 16.9 Å². The molecule has 10 heteroatoms. The summed E-state index contributed by atoms with van der Waals surface area (Å²) in [4.78, 5) is 17.0. The number of imidazole rings is 1. The molecule has 0 fully saturated rings. The molecule has 0 atom stereocenters. The Balaban J connectivity index is 1.74. The average molecular weight is 464 g/mol. The largest absolute Gasteiger partial charge is 0.420 e. The molecule has 4 aromatic rings. The monoisotopic (exact) mass is 463 g/mol. The van der Waals surface area contributed by atoms with Crippen LogP contribution >= 0.6 is 0 Å². The number of aromatic amines is 1. The maximum absolute atomic E-state index is 12.4. The minimum Gasteiger partial charge on any atom is -0.420 e. The lowest BCUT2D eigenvalue weighted by atomic mass is 10.0. The number of amides is 1. The Kier molecular flexibility index (Phi) is 6.51. The highest BCUT2D eigenvalue weighted by Gasteiger charge is 2.18. The molecule has 0 saturated heterocycles. The molecule has 34 heavy (non-hydrogen) atoms. The Hall–Kier alpha value is -3.92. The molecule has 4 N–H and O–H groups in total. The van der Waals surface area contributed by atoms with Gasteiger partial charge in [0.05, 0.1) is 29.4 Å². The smallest absolute Gasteiger partial charge is 0.251 e. The van der Waals surface area contributed by atoms with Crippen molar-refractivity contribution < 1.29 is 14.6 Å². The topological polar surface area (TPSA) is 129 Å². The molecule has 3 heterocycles. The highest BCUT2D eigenvalue weighted by molar-refractivity contribution is 5.96. The van der Waals surface area contributed by atoms with Crippen molar-refractivity contribution in [3.63, 3.8) is 0 Å². The standard InChI is InChI=1S/C24H29N7O3/c1-5-9-25-23(32)17-7-6-16(11-15(17)2)19-13-26-22-18(27-14-24(3,4)33)12-21(30-31(19)22)34-20-8-10-28-29-20/h6-8,10-13,27,33H,5,9,14H2,1-4H3,(H,25,32)(H,28,29). The molecule has 1 aromatic carbocycles. The summed E-state index contributed by atoms with van der Waals surface area (Å²) in [6.45, 7) is 8.31. The van der Waals surface area contributed by atoms with Gasteiger partial charge in [-0.25, -0.2) is 14.6 Å². The molecule has 0 bridgehead atoms. The predicted molar refractivity (Wildman–Crippen MR) is 129 cm³/mol. The molecular formula is C24H29N7O3. The van der Waals surface area contributed by atoms with Crippen LogP contribution < -0.4 is 15.4 Å². The van der Waals surface area contributed by atoms with Crippen LogP contribution in [0.15, 0.2) is 42.7 Å². The number of rotatable bonds is 9. The SMILES string of the molecule is CCCNC(=O)c1ccc(-c2cnc3c(NCC(C)(C)O)cc(Oc4ccn[nH]4)nn23)cc1C. The van der Waals surface area contributed by atoms with E-state index in [2.05, 4.69) is 30.9 Å². The molecule has 178 valence electrons. The lowest BCUT2D eigenvalue weighted by Gasteiger charge is -2.19. The molecule has 0 saturated carbocycles. The van der Waals surface area contributed by atoms with E-state index in [4.69, 9.17) is 4.74 Å². The maximum Gasteiger partial charge on any atom is 0.251 e. The summed E-state index contributed by atoms with van der Waals surface area (Å²) < 4.78 is 7.52. The van der Waals surface area contributed by atoms with Crippen molar-refractivity contribution in [1.82, 2.24) is 30.1 Å². The number of hydrogen-bond acceptors (Lipinski definition) is 7. The number of aromatic nitrogens is 5. The first-order chi connectivity index (χ1) is 16.2. The van der Waals surface area contributed by atoms with E-state index in [1.54, 1.807) is 42.9 Å². The van der Waals surface area contributed by atoms with Crippen LogP contribution in [0.1, 0.15) is 43.1 Å². The molecule has 0 aliphatic rings. The first-order valence-corrected chi connectivity index (χ1v) is 11.2. The van der Waals surface area contributed by atoms with Gasteiger partial charge in [-0.15, -0.1) is 5.10 Å². The minimum absolute atomic E-state index is 0.0875. The number of carbonyl (C=O) groups excluding carboxylic acids is 1. The predicted octanol–water partition coefficient (Wildman–Crippen LogP) is 3.54. The van der Waals surface area contributed by atoms with Gasteiger partial charge in [0.25, 0.3) is 5.91 Å². The van der Waals surface area contributed by atoms with E-state index in [-0.39, 0.29) is 5.91 Å². The second kappa shape index (κ2) is 9.52. The molecule has 0 radical (unpaired) electrons. The summed E-state index contributed by atoms with van der Waals surface area (Å²) in [5.74, 6) is 0.678. The first-order valence-electron chi connectivity index (χ1n) is 11.2. The molecule has 0 unspecified atom stereocenters. The number of aryl methyl sites for hydroxylation is 1. The normalized spacial score (nSPS) is 11.6. The van der Waals surface area contributed by atoms with Crippen molar-refractivity contribution in [3.05, 3.63) is 53.9 Å². The van der Waals surface area contributed by atoms with E-state index in [0.29, 0.717) is 41.7 Å². The van der Waals surface area contributed by atoms with Gasteiger partial charge >= 0.3 is 0 Å². The third-order valence-corrected chi connectivity index (χ3v) is 5.15. The van der Waals surface area contributed by atoms with Gasteiger partial charge in [-0.1, -0.05) is 13.0 Å². The molecule has 0 spiro atoms. The van der Waals surface area contributed by atoms with E-state index in [1.807, 2.05) is 32.0 Å². The first kappa shape index (κ1) is 23.2. The van der Waals surface area contributed by atoms with Gasteiger partial charge in [0.15, 0.2) is 5.65 Å². The van der Waals surface area contributed by atoms with Gasteiger partial charge in [-0.2, -0.15) is 5.10 Å². The zero-order valence-corrected chi connectivity index (χ0v) is 19.7. The number of benzene rings is 1. The van der Waals surface area contributed by atoms with Gasteiger partial charge in [0.2, 0.25) is 11.8 Å². The number of aliphatic hydroxyl groups is 1. The minimum atomic E-state index is -0.925. The molecule has 3 aromatic heterocycles. The van der Waals surface area contributed by atoms with Gasteiger partial charge in [0.1, 0.15) is 0 Å². The number of hydrogen-bond donors (Lipinski definition) is 4. The fourth-order valence-corrected chi connectivity index (χ4v) is 3.46. The molecule has 0 aliphatic carbocycles. The summed E-state index contributed by atoms with van der Waals surface area (Å²) in [6, 6.07) is 9.05. The zero-order valence-electron chi connectivity index (χ0n) is 19.7. The molecule has 1 amide bonds. The lowest BCUT2D eigenvalue weighted by molar-refractivity contribution is 0.0941. The Labute approximate surface area is 197 Å². The van der Waals surface area contributed by atoms with Crippen LogP contribution in [0, 0.1) is 6.92 Å². The third kappa shape index (κ3) is 5.18. The van der Waals surface area contributed by atoms with E-state index >= 15 is 0 Å². The second-order valence-corrected chi connectivity index (χ2v) is 8.75. The number of carbonyl (C=O) groups is 1. The van der Waals surface area contributed by atoms with Gasteiger partial charge in [-0.3, -0.25) is 4.79 Å². The molecular weight excluding hydrogens is 434 g/mol. The van der Waals surface area contributed by atoms with Gasteiger partial charge < -0.3 is 20.5 Å². The fraction of sp³-hybridized carbons (Fsp3) is 0.333. The number of ether oxygens (including phenoxy) is 1.